The van der Waals surface area contributed by atoms with Crippen molar-refractivity contribution in [3.63, 3.8) is 0 Å². The number of piperidine rings is 1. The molecule has 0 radical (unpaired) electrons. The van der Waals surface area contributed by atoms with Crippen LogP contribution in [0.15, 0.2) is 58.1 Å². The molecular formula is C20H25N2O3PS. The molecule has 1 fully saturated rings. The van der Waals surface area contributed by atoms with Gasteiger partial charge in [0.05, 0.1) is 24.0 Å². The molecule has 1 aromatic heterocycles. The maximum atomic E-state index is 12.9. The normalized spacial score (nSPS) is 20.4. The summed E-state index contributed by atoms with van der Waals surface area (Å²) in [5, 5.41) is 2.80. The van der Waals surface area contributed by atoms with Crippen LogP contribution in [0.1, 0.15) is 31.9 Å². The van der Waals surface area contributed by atoms with Gasteiger partial charge in [-0.3, -0.25) is 9.46 Å². The lowest BCUT2D eigenvalue weighted by Gasteiger charge is -2.37. The number of nitrogens with one attached hydrogen (secondary N) is 1. The molecule has 0 bridgehead atoms. The van der Waals surface area contributed by atoms with Gasteiger partial charge in [-0.1, -0.05) is 6.42 Å². The van der Waals surface area contributed by atoms with Crippen molar-refractivity contribution in [3.05, 3.63) is 54.5 Å². The Morgan fingerprint density at radius 2 is 2.07 bits per heavy atom. The highest BCUT2D eigenvalue weighted by Gasteiger charge is 2.27. The molecular weight excluding hydrogens is 379 g/mol. The molecule has 1 saturated heterocycles. The van der Waals surface area contributed by atoms with E-state index in [1.165, 1.54) is 25.3 Å². The molecule has 144 valence electrons. The Bertz CT molecular complexity index is 805. The van der Waals surface area contributed by atoms with Gasteiger partial charge in [-0.15, -0.1) is 0 Å². The van der Waals surface area contributed by atoms with Gasteiger partial charge in [-0.05, 0) is 68.9 Å². The Hall–Kier alpha value is -1.75. The van der Waals surface area contributed by atoms with E-state index in [-0.39, 0.29) is 5.91 Å². The Balaban J connectivity index is 1.59. The molecule has 1 N–H and O–H groups in total. The van der Waals surface area contributed by atoms with E-state index in [0.717, 1.165) is 11.4 Å². The minimum atomic E-state index is -1.04. The van der Waals surface area contributed by atoms with Gasteiger partial charge in [0.1, 0.15) is 5.76 Å². The minimum Gasteiger partial charge on any atom is -0.465 e. The third-order valence-corrected chi connectivity index (χ3v) is 9.81. The maximum Gasteiger partial charge on any atom is 0.248 e. The standard InChI is InChI=1S/C20H25N2O3PS/c1-16-6-3-4-14-22(16)26(2)27(24)19-11-8-17(9-12-19)21-20(23)13-10-18-7-5-15-25-18/h5,7-13,15-16H,3-4,6,14H2,1-2H3,(H,21,23)/b13-10+. The largest absolute Gasteiger partial charge is 0.465 e. The van der Waals surface area contributed by atoms with Crippen molar-refractivity contribution in [3.8, 4) is 0 Å². The van der Waals surface area contributed by atoms with Gasteiger partial charge in [0, 0.05) is 29.2 Å². The average molecular weight is 404 g/mol. The topological polar surface area (TPSA) is 62.6 Å². The molecule has 1 amide bonds. The van der Waals surface area contributed by atoms with Gasteiger partial charge >= 0.3 is 0 Å². The lowest BCUT2D eigenvalue weighted by atomic mass is 10.1. The number of hydrogen-bond donors (Lipinski definition) is 1. The van der Waals surface area contributed by atoms with Gasteiger partial charge in [0.2, 0.25) is 5.91 Å². The highest BCUT2D eigenvalue weighted by Crippen LogP contribution is 2.47. The van der Waals surface area contributed by atoms with Crippen LogP contribution in [-0.2, 0) is 15.2 Å². The molecule has 0 aliphatic carbocycles. The summed E-state index contributed by atoms with van der Waals surface area (Å²) in [6.07, 6.45) is 8.22. The number of benzene rings is 1. The van der Waals surface area contributed by atoms with Gasteiger partial charge < -0.3 is 9.73 Å². The summed E-state index contributed by atoms with van der Waals surface area (Å²) >= 11 is 0. The van der Waals surface area contributed by atoms with Crippen molar-refractivity contribution in [2.24, 2.45) is 0 Å². The summed E-state index contributed by atoms with van der Waals surface area (Å²) in [4.78, 5) is 12.8. The number of carbonyl (C=O) groups excluding carboxylic acids is 1. The molecule has 1 aromatic carbocycles. The highest BCUT2D eigenvalue weighted by atomic mass is 32.7. The van der Waals surface area contributed by atoms with Crippen LogP contribution in [0.5, 0.6) is 0 Å². The number of amides is 1. The Morgan fingerprint density at radius 1 is 1.30 bits per heavy atom. The van der Waals surface area contributed by atoms with Crippen molar-refractivity contribution < 1.29 is 13.4 Å². The van der Waals surface area contributed by atoms with Gasteiger partial charge in [0.25, 0.3) is 0 Å². The first-order valence-electron chi connectivity index (χ1n) is 9.09. The molecule has 7 heteroatoms. The second-order valence-electron chi connectivity index (χ2n) is 6.58. The van der Waals surface area contributed by atoms with Crippen molar-refractivity contribution in [1.29, 1.82) is 0 Å². The molecule has 5 nitrogen and oxygen atoms in total. The van der Waals surface area contributed by atoms with Crippen molar-refractivity contribution >= 4 is 35.4 Å². The molecule has 1 aliphatic rings. The number of nitrogens with zero attached hydrogens (tertiary/aromatic N) is 1. The van der Waals surface area contributed by atoms with Crippen LogP contribution >= 0.6 is 7.27 Å². The third kappa shape index (κ3) is 5.38. The molecule has 2 heterocycles. The molecule has 3 rings (SSSR count). The van der Waals surface area contributed by atoms with Crippen LogP contribution in [0, 0.1) is 0 Å². The summed E-state index contributed by atoms with van der Waals surface area (Å²) in [7, 11) is -1.77. The van der Waals surface area contributed by atoms with Gasteiger partial charge in [-0.25, -0.2) is 4.21 Å². The highest BCUT2D eigenvalue weighted by molar-refractivity contribution is 8.45. The predicted molar refractivity (Wildman–Crippen MR) is 112 cm³/mol. The SMILES string of the molecule is CC1CCCCN1P(C)S(=O)c1ccc(NC(=O)/C=C/c2ccco2)cc1. The minimum absolute atomic E-state index is 0.236. The van der Waals surface area contributed by atoms with Crippen LogP contribution < -0.4 is 5.32 Å². The number of anilines is 1. The summed E-state index contributed by atoms with van der Waals surface area (Å²) in [5.41, 5.74) is 0.677. The lowest BCUT2D eigenvalue weighted by molar-refractivity contribution is -0.111. The molecule has 27 heavy (non-hydrogen) atoms. The average Bonchev–Trinajstić information content (AvgIpc) is 3.20. The number of hydrogen-bond acceptors (Lipinski definition) is 4. The molecule has 0 saturated carbocycles. The van der Waals surface area contributed by atoms with E-state index in [0.29, 0.717) is 17.5 Å². The van der Waals surface area contributed by atoms with E-state index in [2.05, 4.69) is 23.6 Å². The molecule has 3 unspecified atom stereocenters. The number of rotatable bonds is 6. The van der Waals surface area contributed by atoms with Crippen LogP contribution in [0.4, 0.5) is 5.69 Å². The van der Waals surface area contributed by atoms with Crippen LogP contribution in [-0.4, -0.2) is 34.0 Å². The summed E-state index contributed by atoms with van der Waals surface area (Å²) in [5.74, 6) is 0.388. The van der Waals surface area contributed by atoms with Gasteiger partial charge in [0.15, 0.2) is 0 Å². The Labute approximate surface area is 163 Å². The lowest BCUT2D eigenvalue weighted by Crippen LogP contribution is -2.33. The fourth-order valence-electron chi connectivity index (χ4n) is 3.13. The number of carbonyl (C=O) groups is 1. The first-order valence-corrected chi connectivity index (χ1v) is 12.6. The van der Waals surface area contributed by atoms with Crippen LogP contribution in [0.3, 0.4) is 0 Å². The quantitative estimate of drug-likeness (QED) is 0.552. The smallest absolute Gasteiger partial charge is 0.248 e. The fourth-order valence-corrected chi connectivity index (χ4v) is 7.67. The maximum absolute atomic E-state index is 12.9. The molecule has 2 aromatic rings. The van der Waals surface area contributed by atoms with E-state index in [1.807, 2.05) is 12.1 Å². The summed E-state index contributed by atoms with van der Waals surface area (Å²) in [6, 6.07) is 11.3. The first-order chi connectivity index (χ1) is 13.0. The Morgan fingerprint density at radius 3 is 2.74 bits per heavy atom. The van der Waals surface area contributed by atoms with E-state index in [4.69, 9.17) is 4.42 Å². The van der Waals surface area contributed by atoms with Gasteiger partial charge in [-0.2, -0.15) is 0 Å². The predicted octanol–water partition coefficient (Wildman–Crippen LogP) is 4.86. The fraction of sp³-hybridized carbons (Fsp3) is 0.350. The summed E-state index contributed by atoms with van der Waals surface area (Å²) in [6.45, 7) is 5.36. The van der Waals surface area contributed by atoms with Crippen molar-refractivity contribution in [2.75, 3.05) is 18.5 Å². The molecule has 0 spiro atoms. The van der Waals surface area contributed by atoms with E-state index in [1.54, 1.807) is 36.6 Å². The first kappa shape index (κ1) is 20.0. The van der Waals surface area contributed by atoms with E-state index in [9.17, 15) is 9.00 Å². The zero-order valence-electron chi connectivity index (χ0n) is 15.6. The second kappa shape index (κ2) is 9.45. The molecule has 3 atom stereocenters. The van der Waals surface area contributed by atoms with Crippen LogP contribution in [0.2, 0.25) is 0 Å². The second-order valence-corrected chi connectivity index (χ2v) is 11.6. The van der Waals surface area contributed by atoms with E-state index >= 15 is 0 Å². The van der Waals surface area contributed by atoms with Crippen LogP contribution in [0.25, 0.3) is 6.08 Å². The third-order valence-electron chi connectivity index (χ3n) is 4.64. The monoisotopic (exact) mass is 404 g/mol. The molecule has 1 aliphatic heterocycles. The summed E-state index contributed by atoms with van der Waals surface area (Å²) < 4.78 is 20.5. The zero-order chi connectivity index (χ0) is 19.2. The van der Waals surface area contributed by atoms with Crippen molar-refractivity contribution in [2.45, 2.75) is 37.1 Å². The van der Waals surface area contributed by atoms with E-state index < -0.39 is 17.7 Å². The Kier molecular flexibility index (Phi) is 7.00. The van der Waals surface area contributed by atoms with Crippen molar-refractivity contribution in [1.82, 2.24) is 4.67 Å². The zero-order valence-corrected chi connectivity index (χ0v) is 17.3. The number of furan rings is 1.